The molecule has 0 radical (unpaired) electrons. The van der Waals surface area contributed by atoms with E-state index >= 15 is 0 Å². The number of benzene rings is 1. The van der Waals surface area contributed by atoms with Gasteiger partial charge in [0, 0.05) is 11.4 Å². The topological polar surface area (TPSA) is 55.1 Å². The molecule has 0 fully saturated rings. The Bertz CT molecular complexity index is 601. The van der Waals surface area contributed by atoms with Gasteiger partial charge in [-0.1, -0.05) is 18.1 Å². The van der Waals surface area contributed by atoms with Crippen molar-refractivity contribution in [2.24, 2.45) is 0 Å². The summed E-state index contributed by atoms with van der Waals surface area (Å²) in [6.07, 6.45) is 1.19. The van der Waals surface area contributed by atoms with Crippen LogP contribution in [0.1, 0.15) is 37.1 Å². The molecule has 0 bridgehead atoms. The molecule has 2 aromatic rings. The third kappa shape index (κ3) is 2.95. The smallest absolute Gasteiger partial charge is 0.226 e. The van der Waals surface area contributed by atoms with E-state index in [0.717, 1.165) is 28.5 Å². The second-order valence-corrected chi connectivity index (χ2v) is 5.14. The summed E-state index contributed by atoms with van der Waals surface area (Å²) in [5, 5.41) is 7.94. The summed E-state index contributed by atoms with van der Waals surface area (Å²) in [7, 11) is 0. The van der Waals surface area contributed by atoms with E-state index in [-0.39, 0.29) is 18.4 Å². The Kier molecular flexibility index (Phi) is 3.88. The standard InChI is InChI=1S/C15H20N2O2/c1-5-11(4)16-14(18)8-12-15-10(3)6-9(2)7-13(15)19-17-12/h6-7,11H,5,8H2,1-4H3,(H,16,18). The van der Waals surface area contributed by atoms with Crippen molar-refractivity contribution in [2.45, 2.75) is 46.6 Å². The second kappa shape index (κ2) is 5.43. The average molecular weight is 260 g/mol. The Balaban J connectivity index is 2.24. The molecule has 0 saturated carbocycles. The van der Waals surface area contributed by atoms with E-state index in [9.17, 15) is 4.79 Å². The first kappa shape index (κ1) is 13.6. The van der Waals surface area contributed by atoms with E-state index in [1.165, 1.54) is 0 Å². The summed E-state index contributed by atoms with van der Waals surface area (Å²) < 4.78 is 5.31. The van der Waals surface area contributed by atoms with Gasteiger partial charge in [-0.2, -0.15) is 0 Å². The maximum atomic E-state index is 11.9. The predicted molar refractivity (Wildman–Crippen MR) is 75.1 cm³/mol. The van der Waals surface area contributed by atoms with Crippen LogP contribution >= 0.6 is 0 Å². The number of carbonyl (C=O) groups excluding carboxylic acids is 1. The number of carbonyl (C=O) groups is 1. The van der Waals surface area contributed by atoms with Crippen LogP contribution in [0.3, 0.4) is 0 Å². The lowest BCUT2D eigenvalue weighted by atomic mass is 10.0. The third-order valence-electron chi connectivity index (χ3n) is 3.33. The van der Waals surface area contributed by atoms with Crippen LogP contribution in [0.2, 0.25) is 0 Å². The lowest BCUT2D eigenvalue weighted by Crippen LogP contribution is -2.33. The summed E-state index contributed by atoms with van der Waals surface area (Å²) in [6.45, 7) is 8.07. The minimum absolute atomic E-state index is 0.00970. The zero-order valence-corrected chi connectivity index (χ0v) is 11.9. The van der Waals surface area contributed by atoms with Gasteiger partial charge in [-0.15, -0.1) is 0 Å². The van der Waals surface area contributed by atoms with Crippen molar-refractivity contribution in [3.05, 3.63) is 29.0 Å². The number of amides is 1. The molecule has 0 aliphatic heterocycles. The SMILES string of the molecule is CCC(C)NC(=O)Cc1noc2cc(C)cc(C)c12. The fourth-order valence-corrected chi connectivity index (χ4v) is 2.22. The zero-order valence-electron chi connectivity index (χ0n) is 11.9. The Morgan fingerprint density at radius 3 is 2.84 bits per heavy atom. The molecule has 4 heteroatoms. The first-order valence-corrected chi connectivity index (χ1v) is 6.66. The number of aryl methyl sites for hydroxylation is 2. The number of hydrogen-bond acceptors (Lipinski definition) is 3. The van der Waals surface area contributed by atoms with Crippen molar-refractivity contribution in [1.29, 1.82) is 0 Å². The Morgan fingerprint density at radius 1 is 1.42 bits per heavy atom. The lowest BCUT2D eigenvalue weighted by Gasteiger charge is -2.10. The largest absolute Gasteiger partial charge is 0.356 e. The van der Waals surface area contributed by atoms with Crippen LogP contribution in [0, 0.1) is 13.8 Å². The van der Waals surface area contributed by atoms with Crippen LogP contribution in [0.15, 0.2) is 16.7 Å². The predicted octanol–water partition coefficient (Wildman–Crippen LogP) is 2.90. The summed E-state index contributed by atoms with van der Waals surface area (Å²) in [5.41, 5.74) is 3.71. The molecular formula is C15H20N2O2. The molecule has 0 spiro atoms. The normalized spacial score (nSPS) is 12.6. The fourth-order valence-electron chi connectivity index (χ4n) is 2.22. The van der Waals surface area contributed by atoms with Gasteiger partial charge in [-0.05, 0) is 44.4 Å². The highest BCUT2D eigenvalue weighted by atomic mass is 16.5. The Morgan fingerprint density at radius 2 is 2.16 bits per heavy atom. The van der Waals surface area contributed by atoms with Crippen molar-refractivity contribution >= 4 is 16.9 Å². The van der Waals surface area contributed by atoms with Gasteiger partial charge in [0.15, 0.2) is 5.58 Å². The van der Waals surface area contributed by atoms with Gasteiger partial charge >= 0.3 is 0 Å². The molecule has 2 rings (SSSR count). The van der Waals surface area contributed by atoms with Gasteiger partial charge in [0.25, 0.3) is 0 Å². The van der Waals surface area contributed by atoms with E-state index in [1.54, 1.807) is 0 Å². The van der Waals surface area contributed by atoms with Crippen molar-refractivity contribution < 1.29 is 9.32 Å². The molecule has 1 heterocycles. The highest BCUT2D eigenvalue weighted by Gasteiger charge is 2.15. The molecule has 1 atom stereocenters. The fraction of sp³-hybridized carbons (Fsp3) is 0.467. The molecule has 1 amide bonds. The minimum atomic E-state index is -0.00970. The molecule has 0 aliphatic rings. The van der Waals surface area contributed by atoms with Gasteiger partial charge in [0.1, 0.15) is 5.69 Å². The van der Waals surface area contributed by atoms with E-state index in [4.69, 9.17) is 4.52 Å². The van der Waals surface area contributed by atoms with Crippen LogP contribution in [0.4, 0.5) is 0 Å². The van der Waals surface area contributed by atoms with E-state index in [1.807, 2.05) is 33.8 Å². The molecule has 1 N–H and O–H groups in total. The Labute approximate surface area is 113 Å². The minimum Gasteiger partial charge on any atom is -0.356 e. The molecule has 1 unspecified atom stereocenters. The van der Waals surface area contributed by atoms with E-state index in [0.29, 0.717) is 5.69 Å². The van der Waals surface area contributed by atoms with Crippen molar-refractivity contribution in [1.82, 2.24) is 10.5 Å². The molecule has 0 saturated heterocycles. The van der Waals surface area contributed by atoms with Crippen LogP contribution in [0.25, 0.3) is 11.0 Å². The van der Waals surface area contributed by atoms with Crippen LogP contribution in [0.5, 0.6) is 0 Å². The number of nitrogens with zero attached hydrogens (tertiary/aromatic N) is 1. The van der Waals surface area contributed by atoms with E-state index in [2.05, 4.69) is 16.5 Å². The highest BCUT2D eigenvalue weighted by Crippen LogP contribution is 2.24. The maximum absolute atomic E-state index is 11.9. The molecule has 0 aliphatic carbocycles. The first-order chi connectivity index (χ1) is 9.01. The van der Waals surface area contributed by atoms with Crippen LogP contribution in [-0.2, 0) is 11.2 Å². The molecular weight excluding hydrogens is 240 g/mol. The quantitative estimate of drug-likeness (QED) is 0.919. The number of hydrogen-bond donors (Lipinski definition) is 1. The van der Waals surface area contributed by atoms with Crippen molar-refractivity contribution in [3.63, 3.8) is 0 Å². The number of rotatable bonds is 4. The van der Waals surface area contributed by atoms with Crippen LogP contribution in [-0.4, -0.2) is 17.1 Å². The van der Waals surface area contributed by atoms with Gasteiger partial charge in [-0.3, -0.25) is 4.79 Å². The lowest BCUT2D eigenvalue weighted by molar-refractivity contribution is -0.121. The van der Waals surface area contributed by atoms with Gasteiger partial charge in [0.2, 0.25) is 5.91 Å². The summed E-state index contributed by atoms with van der Waals surface area (Å²) >= 11 is 0. The molecule has 4 nitrogen and oxygen atoms in total. The zero-order chi connectivity index (χ0) is 14.0. The number of fused-ring (bicyclic) bond motifs is 1. The second-order valence-electron chi connectivity index (χ2n) is 5.14. The van der Waals surface area contributed by atoms with Gasteiger partial charge < -0.3 is 9.84 Å². The van der Waals surface area contributed by atoms with Crippen molar-refractivity contribution in [2.75, 3.05) is 0 Å². The maximum Gasteiger partial charge on any atom is 0.226 e. The van der Waals surface area contributed by atoms with Crippen molar-refractivity contribution in [3.8, 4) is 0 Å². The first-order valence-electron chi connectivity index (χ1n) is 6.66. The third-order valence-corrected chi connectivity index (χ3v) is 3.33. The highest BCUT2D eigenvalue weighted by molar-refractivity contribution is 5.88. The molecule has 102 valence electrons. The van der Waals surface area contributed by atoms with E-state index < -0.39 is 0 Å². The Hall–Kier alpha value is -1.84. The van der Waals surface area contributed by atoms with Gasteiger partial charge in [-0.25, -0.2) is 0 Å². The number of nitrogens with one attached hydrogen (secondary N) is 1. The molecule has 1 aromatic carbocycles. The average Bonchev–Trinajstić information content (AvgIpc) is 2.71. The molecule has 1 aromatic heterocycles. The van der Waals surface area contributed by atoms with Crippen LogP contribution < -0.4 is 5.32 Å². The molecule has 19 heavy (non-hydrogen) atoms. The monoisotopic (exact) mass is 260 g/mol. The van der Waals surface area contributed by atoms with Gasteiger partial charge in [0.05, 0.1) is 6.42 Å². The summed E-state index contributed by atoms with van der Waals surface area (Å²) in [6, 6.07) is 4.22. The summed E-state index contributed by atoms with van der Waals surface area (Å²) in [5.74, 6) is -0.00970. The number of aromatic nitrogens is 1. The summed E-state index contributed by atoms with van der Waals surface area (Å²) in [4.78, 5) is 11.9.